The van der Waals surface area contributed by atoms with Crippen LogP contribution in [0.4, 0.5) is 0 Å². The molecule has 0 fully saturated rings. The molecule has 0 atom stereocenters. The number of rotatable bonds is 8. The van der Waals surface area contributed by atoms with Gasteiger partial charge >= 0.3 is 38.7 Å². The van der Waals surface area contributed by atoms with Crippen LogP contribution in [0.5, 0.6) is 0 Å². The predicted molar refractivity (Wildman–Crippen MR) is 270 cm³/mol. The zero-order chi connectivity index (χ0) is 45.0. The monoisotopic (exact) mass is 914 g/mol. The number of hydrogen-bond donors (Lipinski definition) is 2. The minimum absolute atomic E-state index is 0. The van der Waals surface area contributed by atoms with E-state index in [-0.39, 0.29) is 14.9 Å². The maximum absolute atomic E-state index is 12.4. The quantitative estimate of drug-likeness (QED) is 0.0905. The molecule has 6 heteroatoms. The SMILES string of the molecule is O=C(O)C(c1ccccc1)(c1ccccc1)c1ccccc1.O=C(O)C(c1ccccc1)(c1ccccc1)c1ccccc1.[C-]1=CC=CC1.[CH3-].[CH3-].[SiH2]=[Ti].[c-]1cccc2c1Cc1ccccc1-2. The number of allylic oxidation sites excluding steroid dienone is 4. The molecule has 0 amide bonds. The van der Waals surface area contributed by atoms with Crippen molar-refractivity contribution in [1.29, 1.82) is 0 Å². The van der Waals surface area contributed by atoms with Gasteiger partial charge in [0.05, 0.1) is 0 Å². The van der Waals surface area contributed by atoms with Crippen LogP contribution in [0.25, 0.3) is 11.1 Å². The third-order valence-corrected chi connectivity index (χ3v) is 11.1. The van der Waals surface area contributed by atoms with Gasteiger partial charge in [0, 0.05) is 0 Å². The predicted octanol–water partition coefficient (Wildman–Crippen LogP) is 12.6. The first-order chi connectivity index (χ1) is 31.5. The van der Waals surface area contributed by atoms with E-state index >= 15 is 0 Å². The second kappa shape index (κ2) is 26.2. The van der Waals surface area contributed by atoms with Gasteiger partial charge in [-0.1, -0.05) is 217 Å². The molecular weight excluding hydrogens is 861 g/mol. The number of carbonyl (C=O) groups is 2. The zero-order valence-corrected chi connectivity index (χ0v) is 40.4. The first kappa shape index (κ1) is 51.7. The van der Waals surface area contributed by atoms with Crippen LogP contribution in [0, 0.1) is 27.0 Å². The van der Waals surface area contributed by atoms with Crippen LogP contribution in [0.2, 0.25) is 0 Å². The fraction of sp³-hybridized carbons (Fsp3) is 0.0667. The second-order valence-electron chi connectivity index (χ2n) is 14.7. The summed E-state index contributed by atoms with van der Waals surface area (Å²) < 4.78 is 0. The third-order valence-electron chi connectivity index (χ3n) is 11.1. The minimum Gasteiger partial charge on any atom is -0.179 e. The molecule has 4 nitrogen and oxygen atoms in total. The molecule has 2 N–H and O–H groups in total. The molecule has 2 aliphatic carbocycles. The molecule has 0 aliphatic heterocycles. The normalized spacial score (nSPS) is 11.2. The van der Waals surface area contributed by atoms with Gasteiger partial charge < -0.3 is 25.1 Å². The van der Waals surface area contributed by atoms with E-state index in [1.807, 2.05) is 227 Å². The minimum atomic E-state index is -1.20. The molecular formula is C60H54O4SiTi-4. The van der Waals surface area contributed by atoms with Crippen LogP contribution >= 0.6 is 0 Å². The van der Waals surface area contributed by atoms with Gasteiger partial charge in [-0.3, -0.25) is 15.7 Å². The third kappa shape index (κ3) is 11.7. The Morgan fingerprint density at radius 3 is 1.06 bits per heavy atom. The average Bonchev–Trinajstić information content (AvgIpc) is 4.08. The Kier molecular flexibility index (Phi) is 20.5. The number of carboxylic acids is 2. The van der Waals surface area contributed by atoms with Gasteiger partial charge in [-0.2, -0.15) is 35.9 Å². The van der Waals surface area contributed by atoms with Gasteiger partial charge in [0.15, 0.2) is 0 Å². The maximum atomic E-state index is 12.4. The van der Waals surface area contributed by atoms with Gasteiger partial charge in [-0.15, -0.1) is 12.0 Å². The van der Waals surface area contributed by atoms with E-state index in [2.05, 4.69) is 54.6 Å². The number of aliphatic carboxylic acids is 2. The van der Waals surface area contributed by atoms with Gasteiger partial charge in [0.25, 0.3) is 0 Å². The molecule has 0 saturated carbocycles. The fourth-order valence-corrected chi connectivity index (χ4v) is 8.21. The van der Waals surface area contributed by atoms with E-state index in [1.54, 1.807) is 0 Å². The summed E-state index contributed by atoms with van der Waals surface area (Å²) >= 11 is 2.03. The molecule has 10 rings (SSSR count). The van der Waals surface area contributed by atoms with Crippen molar-refractivity contribution in [2.75, 3.05) is 0 Å². The van der Waals surface area contributed by atoms with Crippen molar-refractivity contribution in [1.82, 2.24) is 0 Å². The molecule has 0 spiro atoms. The molecule has 66 heavy (non-hydrogen) atoms. The van der Waals surface area contributed by atoms with Crippen LogP contribution in [0.1, 0.15) is 50.9 Å². The van der Waals surface area contributed by atoms with Crippen LogP contribution in [-0.2, 0) is 46.0 Å². The molecule has 0 radical (unpaired) electrons. The summed E-state index contributed by atoms with van der Waals surface area (Å²) in [6.45, 7) is 0. The topological polar surface area (TPSA) is 74.6 Å². The zero-order valence-electron chi connectivity index (χ0n) is 37.4. The Labute approximate surface area is 405 Å². The summed E-state index contributed by atoms with van der Waals surface area (Å²) in [4.78, 5) is 24.8. The Balaban J connectivity index is 0.000000203. The van der Waals surface area contributed by atoms with Crippen molar-refractivity contribution < 1.29 is 39.0 Å². The Bertz CT molecular complexity index is 2360. The first-order valence-corrected chi connectivity index (χ1v) is 24.9. The maximum Gasteiger partial charge on any atom is -0.0253 e. The average molecular weight is 915 g/mol. The summed E-state index contributed by atoms with van der Waals surface area (Å²) in [6.07, 6.45) is 11.0. The molecule has 0 unspecified atom stereocenters. The smallest absolute Gasteiger partial charge is 0.0253 e. The molecule has 8 aromatic carbocycles. The molecule has 0 aromatic heterocycles. The largest absolute Gasteiger partial charge is 0.179 e. The summed E-state index contributed by atoms with van der Waals surface area (Å²) in [7, 11) is 1.86. The van der Waals surface area contributed by atoms with Gasteiger partial charge in [0.1, 0.15) is 10.8 Å². The van der Waals surface area contributed by atoms with Crippen molar-refractivity contribution in [3.63, 3.8) is 0 Å². The Morgan fingerprint density at radius 1 is 0.455 bits per heavy atom. The summed E-state index contributed by atoms with van der Waals surface area (Å²) in [5, 5.41) is 20.4. The number of benzene rings is 8. The van der Waals surface area contributed by atoms with E-state index in [0.29, 0.717) is 0 Å². The van der Waals surface area contributed by atoms with E-state index in [1.165, 1.54) is 22.3 Å². The van der Waals surface area contributed by atoms with Crippen LogP contribution < -0.4 is 0 Å². The van der Waals surface area contributed by atoms with Gasteiger partial charge in [-0.25, -0.2) is 12.2 Å². The van der Waals surface area contributed by atoms with E-state index in [0.717, 1.165) is 46.2 Å². The Morgan fingerprint density at radius 2 is 0.773 bits per heavy atom. The molecule has 8 aromatic rings. The van der Waals surface area contributed by atoms with E-state index < -0.39 is 22.8 Å². The number of carboxylic acid groups (broad SMARTS) is 2. The fourth-order valence-electron chi connectivity index (χ4n) is 8.21. The second-order valence-corrected chi connectivity index (χ2v) is 14.7. The van der Waals surface area contributed by atoms with Crippen LogP contribution in [0.15, 0.2) is 243 Å². The van der Waals surface area contributed by atoms with Crippen LogP contribution in [0.3, 0.4) is 0 Å². The van der Waals surface area contributed by atoms with Crippen molar-refractivity contribution in [3.8, 4) is 11.1 Å². The van der Waals surface area contributed by atoms with Crippen molar-refractivity contribution in [3.05, 3.63) is 314 Å². The number of hydrogen-bond acceptors (Lipinski definition) is 2. The Hall–Kier alpha value is -6.89. The van der Waals surface area contributed by atoms with Crippen molar-refractivity contribution >= 4 is 19.6 Å². The van der Waals surface area contributed by atoms with E-state index in [9.17, 15) is 19.8 Å². The molecule has 0 bridgehead atoms. The van der Waals surface area contributed by atoms with Crippen molar-refractivity contribution in [2.24, 2.45) is 0 Å². The van der Waals surface area contributed by atoms with Crippen LogP contribution in [-0.4, -0.2) is 29.8 Å². The van der Waals surface area contributed by atoms with E-state index in [4.69, 9.17) is 0 Å². The molecule has 0 heterocycles. The first-order valence-electron chi connectivity index (χ1n) is 20.9. The van der Waals surface area contributed by atoms with Gasteiger partial charge in [-0.05, 0) is 39.8 Å². The molecule has 330 valence electrons. The van der Waals surface area contributed by atoms with Gasteiger partial charge in [0.2, 0.25) is 0 Å². The molecule has 0 saturated heterocycles. The standard InChI is InChI=1S/2C20H16O2.C13H9.C5H5.2CH3.H2Si.Ti/c2*21-19(22)20(16-10-4-1-5-11-16,17-12-6-2-7-13-17)18-14-8-3-9-15-18;1-3-7-12-10(5-1)9-11-6-2-4-8-13(11)12;1-2-4-5-3-1;;;;/h2*1-15H,(H,21,22);1-5,7-8H,9H2;1-3H,4H2;2*1H3;1H2;/q;;4*-1;;. The number of fused-ring (bicyclic) bond motifs is 3. The summed E-state index contributed by atoms with van der Waals surface area (Å²) in [5.74, 6) is -1.76. The van der Waals surface area contributed by atoms with Crippen molar-refractivity contribution in [2.45, 2.75) is 23.7 Å². The molecule has 2 aliphatic rings. The summed E-state index contributed by atoms with van der Waals surface area (Å²) in [6, 6.07) is 74.4. The summed E-state index contributed by atoms with van der Waals surface area (Å²) in [5.41, 5.74) is 7.60.